The number of rotatable bonds is 5. The Hall–Kier alpha value is -1.35. The molecule has 1 aliphatic carbocycles. The van der Waals surface area contributed by atoms with Gasteiger partial charge < -0.3 is 15.1 Å². The van der Waals surface area contributed by atoms with E-state index in [-0.39, 0.29) is 19.1 Å². The molecule has 4 nitrogen and oxygen atoms in total. The fraction of sp³-hybridized carbons (Fsp3) is 0.533. The van der Waals surface area contributed by atoms with Crippen LogP contribution < -0.4 is 0 Å². The lowest BCUT2D eigenvalue weighted by atomic mass is 9.91. The smallest absolute Gasteiger partial charge is 0.254 e. The van der Waals surface area contributed by atoms with Crippen LogP contribution in [-0.2, 0) is 0 Å². The lowest BCUT2D eigenvalue weighted by Crippen LogP contribution is -2.44. The summed E-state index contributed by atoms with van der Waals surface area (Å²) >= 11 is 1.41. The van der Waals surface area contributed by atoms with Crippen molar-refractivity contribution in [3.8, 4) is 11.8 Å². The number of hydrogen-bond donors (Lipinski definition) is 2. The lowest BCUT2D eigenvalue weighted by Gasteiger charge is -2.37. The largest absolute Gasteiger partial charge is 0.396 e. The number of amides is 1. The van der Waals surface area contributed by atoms with Crippen molar-refractivity contribution in [1.29, 1.82) is 0 Å². The zero-order chi connectivity index (χ0) is 14.4. The summed E-state index contributed by atoms with van der Waals surface area (Å²) in [5.41, 5.74) is 0.655. The first-order valence-electron chi connectivity index (χ1n) is 6.86. The second-order valence-electron chi connectivity index (χ2n) is 4.82. The van der Waals surface area contributed by atoms with E-state index in [0.29, 0.717) is 24.6 Å². The van der Waals surface area contributed by atoms with E-state index in [1.807, 2.05) is 10.3 Å². The van der Waals surface area contributed by atoms with Gasteiger partial charge in [0.2, 0.25) is 0 Å². The van der Waals surface area contributed by atoms with E-state index in [2.05, 4.69) is 11.8 Å². The molecule has 1 heterocycles. The van der Waals surface area contributed by atoms with E-state index in [1.54, 1.807) is 6.07 Å². The minimum Gasteiger partial charge on any atom is -0.396 e. The minimum atomic E-state index is -0.175. The standard InChI is InChI=1S/C15H19NO3S/c17-8-2-6-14-10-12(11-20-14)15(19)16(7-3-9-18)13-4-1-5-13/h10-11,13,17-18H,1,3-5,7-9H2. The van der Waals surface area contributed by atoms with Gasteiger partial charge in [-0.05, 0) is 31.7 Å². The van der Waals surface area contributed by atoms with Gasteiger partial charge in [-0.1, -0.05) is 11.8 Å². The Morgan fingerprint density at radius 3 is 2.85 bits per heavy atom. The third-order valence-corrected chi connectivity index (χ3v) is 4.32. The average molecular weight is 293 g/mol. The third kappa shape index (κ3) is 3.60. The van der Waals surface area contributed by atoms with Crippen molar-refractivity contribution >= 4 is 17.2 Å². The van der Waals surface area contributed by atoms with Crippen molar-refractivity contribution in [2.45, 2.75) is 31.7 Å². The molecule has 0 bridgehead atoms. The van der Waals surface area contributed by atoms with Gasteiger partial charge in [-0.25, -0.2) is 0 Å². The van der Waals surface area contributed by atoms with Crippen LogP contribution in [0.25, 0.3) is 0 Å². The molecule has 0 radical (unpaired) electrons. The van der Waals surface area contributed by atoms with Crippen LogP contribution in [0.3, 0.4) is 0 Å². The first-order chi connectivity index (χ1) is 9.76. The quantitative estimate of drug-likeness (QED) is 0.808. The predicted molar refractivity (Wildman–Crippen MR) is 78.7 cm³/mol. The van der Waals surface area contributed by atoms with E-state index < -0.39 is 0 Å². The van der Waals surface area contributed by atoms with Crippen molar-refractivity contribution in [2.24, 2.45) is 0 Å². The molecule has 2 rings (SSSR count). The van der Waals surface area contributed by atoms with Crippen molar-refractivity contribution in [1.82, 2.24) is 4.90 Å². The second-order valence-corrected chi connectivity index (χ2v) is 5.73. The van der Waals surface area contributed by atoms with E-state index in [1.165, 1.54) is 17.8 Å². The molecule has 1 aromatic heterocycles. The van der Waals surface area contributed by atoms with Gasteiger partial charge in [0.25, 0.3) is 5.91 Å². The second kappa shape index (κ2) is 7.44. The van der Waals surface area contributed by atoms with Gasteiger partial charge in [0, 0.05) is 24.6 Å². The maximum atomic E-state index is 12.5. The number of aliphatic hydroxyl groups is 2. The molecule has 20 heavy (non-hydrogen) atoms. The molecule has 0 aliphatic heterocycles. The highest BCUT2D eigenvalue weighted by molar-refractivity contribution is 7.10. The zero-order valence-electron chi connectivity index (χ0n) is 11.3. The SMILES string of the molecule is O=C(c1csc(C#CCO)c1)N(CCCO)C1CCC1. The molecule has 1 aliphatic rings. The average Bonchev–Trinajstić information content (AvgIpc) is 2.86. The number of carbonyl (C=O) groups excluding carboxylic acids is 1. The van der Waals surface area contributed by atoms with Crippen LogP contribution in [0.5, 0.6) is 0 Å². The molecule has 0 unspecified atom stereocenters. The highest BCUT2D eigenvalue weighted by Crippen LogP contribution is 2.27. The molecule has 1 aromatic rings. The Labute approximate surface area is 123 Å². The first-order valence-corrected chi connectivity index (χ1v) is 7.74. The van der Waals surface area contributed by atoms with Crippen LogP contribution in [0.2, 0.25) is 0 Å². The summed E-state index contributed by atoms with van der Waals surface area (Å²) in [5.74, 6) is 5.42. The van der Waals surface area contributed by atoms with Gasteiger partial charge in [-0.3, -0.25) is 4.79 Å². The molecule has 0 aromatic carbocycles. The summed E-state index contributed by atoms with van der Waals surface area (Å²) in [6.07, 6.45) is 3.89. The fourth-order valence-electron chi connectivity index (χ4n) is 2.20. The maximum absolute atomic E-state index is 12.5. The summed E-state index contributed by atoms with van der Waals surface area (Å²) in [5, 5.41) is 19.5. The molecular formula is C15H19NO3S. The zero-order valence-corrected chi connectivity index (χ0v) is 12.2. The third-order valence-electron chi connectivity index (χ3n) is 3.47. The van der Waals surface area contributed by atoms with Gasteiger partial charge in [0.15, 0.2) is 0 Å². The van der Waals surface area contributed by atoms with Crippen molar-refractivity contribution in [3.63, 3.8) is 0 Å². The van der Waals surface area contributed by atoms with Gasteiger partial charge in [-0.2, -0.15) is 0 Å². The van der Waals surface area contributed by atoms with E-state index >= 15 is 0 Å². The molecule has 108 valence electrons. The lowest BCUT2D eigenvalue weighted by molar-refractivity contribution is 0.0563. The summed E-state index contributed by atoms with van der Waals surface area (Å²) in [6, 6.07) is 2.10. The Bertz CT molecular complexity index is 511. The van der Waals surface area contributed by atoms with E-state index in [9.17, 15) is 4.79 Å². The number of hydrogen-bond acceptors (Lipinski definition) is 4. The molecule has 0 spiro atoms. The molecule has 1 fully saturated rings. The molecular weight excluding hydrogens is 274 g/mol. The fourth-order valence-corrected chi connectivity index (χ4v) is 2.94. The van der Waals surface area contributed by atoms with Crippen LogP contribution in [0, 0.1) is 11.8 Å². The van der Waals surface area contributed by atoms with E-state index in [4.69, 9.17) is 10.2 Å². The molecule has 1 saturated carbocycles. The van der Waals surface area contributed by atoms with Gasteiger partial charge in [0.05, 0.1) is 10.4 Å². The van der Waals surface area contributed by atoms with Crippen LogP contribution in [0.4, 0.5) is 0 Å². The molecule has 5 heteroatoms. The Balaban J connectivity index is 2.07. The van der Waals surface area contributed by atoms with Crippen molar-refractivity contribution in [2.75, 3.05) is 19.8 Å². The number of thiophene rings is 1. The topological polar surface area (TPSA) is 60.8 Å². The first kappa shape index (κ1) is 15.0. The van der Waals surface area contributed by atoms with Crippen molar-refractivity contribution in [3.05, 3.63) is 21.9 Å². The molecule has 0 atom stereocenters. The summed E-state index contributed by atoms with van der Waals surface area (Å²) in [4.78, 5) is 15.2. The highest BCUT2D eigenvalue weighted by atomic mass is 32.1. The predicted octanol–water partition coefficient (Wildman–Crippen LogP) is 1.47. The summed E-state index contributed by atoms with van der Waals surface area (Å²) in [7, 11) is 0. The van der Waals surface area contributed by atoms with Crippen molar-refractivity contribution < 1.29 is 15.0 Å². The van der Waals surface area contributed by atoms with E-state index in [0.717, 1.165) is 17.7 Å². The minimum absolute atomic E-state index is 0.0245. The Kier molecular flexibility index (Phi) is 5.60. The number of aliphatic hydroxyl groups excluding tert-OH is 2. The Morgan fingerprint density at radius 2 is 2.25 bits per heavy atom. The maximum Gasteiger partial charge on any atom is 0.254 e. The summed E-state index contributed by atoms with van der Waals surface area (Å²) in [6.45, 7) is 0.534. The van der Waals surface area contributed by atoms with Gasteiger partial charge in [-0.15, -0.1) is 11.3 Å². The molecule has 1 amide bonds. The van der Waals surface area contributed by atoms with Gasteiger partial charge in [0.1, 0.15) is 6.61 Å². The van der Waals surface area contributed by atoms with Gasteiger partial charge >= 0.3 is 0 Å². The monoisotopic (exact) mass is 293 g/mol. The normalized spacial score (nSPS) is 14.3. The number of nitrogens with zero attached hydrogens (tertiary/aromatic N) is 1. The van der Waals surface area contributed by atoms with Crippen LogP contribution in [0.15, 0.2) is 11.4 Å². The van der Waals surface area contributed by atoms with Crippen LogP contribution in [-0.4, -0.2) is 46.8 Å². The summed E-state index contributed by atoms with van der Waals surface area (Å²) < 4.78 is 0. The number of carbonyl (C=O) groups is 1. The highest BCUT2D eigenvalue weighted by Gasteiger charge is 2.29. The Morgan fingerprint density at radius 1 is 1.45 bits per heavy atom. The molecule has 0 saturated heterocycles. The van der Waals surface area contributed by atoms with Crippen LogP contribution in [0.1, 0.15) is 40.9 Å². The molecule has 2 N–H and O–H groups in total. The van der Waals surface area contributed by atoms with Crippen LogP contribution >= 0.6 is 11.3 Å².